The number of hydrogen-bond donors (Lipinski definition) is 1. The molecule has 0 aliphatic carbocycles. The van der Waals surface area contributed by atoms with Crippen LogP contribution < -0.4 is 5.32 Å². The lowest BCUT2D eigenvalue weighted by Crippen LogP contribution is -2.24. The van der Waals surface area contributed by atoms with Gasteiger partial charge < -0.3 is 5.32 Å². The van der Waals surface area contributed by atoms with Crippen LogP contribution in [0, 0.1) is 0 Å². The molecule has 0 bridgehead atoms. The molecule has 112 valence electrons. The minimum Gasteiger partial charge on any atom is -0.310 e. The lowest BCUT2D eigenvalue weighted by Gasteiger charge is -2.21. The van der Waals surface area contributed by atoms with Gasteiger partial charge in [0.05, 0.1) is 5.56 Å². The average molecular weight is 293 g/mol. The van der Waals surface area contributed by atoms with Crippen LogP contribution in [0.3, 0.4) is 0 Å². The van der Waals surface area contributed by atoms with E-state index in [2.05, 4.69) is 5.32 Å². The fourth-order valence-corrected chi connectivity index (χ4v) is 2.43. The molecule has 1 nitrogen and oxygen atoms in total. The Morgan fingerprint density at radius 2 is 1.57 bits per heavy atom. The van der Waals surface area contributed by atoms with Gasteiger partial charge in [-0.15, -0.1) is 0 Å². The molecule has 1 atom stereocenters. The summed E-state index contributed by atoms with van der Waals surface area (Å²) in [5.74, 6) is 0. The summed E-state index contributed by atoms with van der Waals surface area (Å²) >= 11 is 0. The first-order valence-corrected chi connectivity index (χ1v) is 6.95. The highest BCUT2D eigenvalue weighted by Gasteiger charge is 2.33. The van der Waals surface area contributed by atoms with Gasteiger partial charge in [-0.3, -0.25) is 0 Å². The topological polar surface area (TPSA) is 12.0 Å². The molecule has 0 aliphatic rings. The average Bonchev–Trinajstić information content (AvgIpc) is 2.47. The molecule has 1 unspecified atom stereocenters. The molecule has 2 aromatic rings. The van der Waals surface area contributed by atoms with Crippen molar-refractivity contribution in [2.75, 3.05) is 6.54 Å². The first-order chi connectivity index (χ1) is 10.0. The van der Waals surface area contributed by atoms with Crippen LogP contribution in [0.1, 0.15) is 29.7 Å². The predicted octanol–water partition coefficient (Wildman–Crippen LogP) is 4.60. The fraction of sp³-hybridized carbons (Fsp3) is 0.294. The molecule has 2 rings (SSSR count). The molecule has 0 amide bonds. The van der Waals surface area contributed by atoms with Gasteiger partial charge in [0, 0.05) is 6.04 Å². The molecular weight excluding hydrogens is 275 g/mol. The molecule has 0 saturated heterocycles. The zero-order chi connectivity index (χ0) is 15.3. The molecule has 0 heterocycles. The van der Waals surface area contributed by atoms with Gasteiger partial charge in [0.15, 0.2) is 0 Å². The van der Waals surface area contributed by atoms with E-state index in [1.807, 2.05) is 37.3 Å². The molecular formula is C17H18F3N. The molecule has 0 aliphatic heterocycles. The van der Waals surface area contributed by atoms with Crippen molar-refractivity contribution in [2.45, 2.75) is 25.6 Å². The second kappa shape index (κ2) is 6.76. The Morgan fingerprint density at radius 3 is 2.19 bits per heavy atom. The highest BCUT2D eigenvalue weighted by molar-refractivity contribution is 5.32. The number of alkyl halides is 3. The van der Waals surface area contributed by atoms with Crippen LogP contribution >= 0.6 is 0 Å². The number of benzene rings is 2. The Bertz CT molecular complexity index is 564. The van der Waals surface area contributed by atoms with E-state index in [9.17, 15) is 13.2 Å². The Morgan fingerprint density at radius 1 is 0.952 bits per heavy atom. The first-order valence-electron chi connectivity index (χ1n) is 6.95. The lowest BCUT2D eigenvalue weighted by atomic mass is 9.95. The number of nitrogens with one attached hydrogen (secondary N) is 1. The van der Waals surface area contributed by atoms with E-state index in [1.165, 1.54) is 6.07 Å². The number of hydrogen-bond acceptors (Lipinski definition) is 1. The maximum atomic E-state index is 13.1. The van der Waals surface area contributed by atoms with Crippen LogP contribution in [0.15, 0.2) is 54.6 Å². The van der Waals surface area contributed by atoms with Gasteiger partial charge in [0.2, 0.25) is 0 Å². The summed E-state index contributed by atoms with van der Waals surface area (Å²) in [6.45, 7) is 2.65. The number of likely N-dealkylation sites (N-methyl/N-ethyl adjacent to an activating group) is 1. The Hall–Kier alpha value is -1.81. The quantitative estimate of drug-likeness (QED) is 0.849. The van der Waals surface area contributed by atoms with E-state index in [0.717, 1.165) is 11.6 Å². The van der Waals surface area contributed by atoms with Crippen LogP contribution in [-0.4, -0.2) is 6.54 Å². The SMILES string of the molecule is CCNC(Cc1ccccc1C(F)(F)F)c1ccccc1. The molecule has 0 saturated carbocycles. The van der Waals surface area contributed by atoms with Gasteiger partial charge in [-0.05, 0) is 30.2 Å². The summed E-state index contributed by atoms with van der Waals surface area (Å²) in [5, 5.41) is 3.26. The summed E-state index contributed by atoms with van der Waals surface area (Å²) in [4.78, 5) is 0. The van der Waals surface area contributed by atoms with Gasteiger partial charge in [0.25, 0.3) is 0 Å². The third-order valence-corrected chi connectivity index (χ3v) is 3.40. The van der Waals surface area contributed by atoms with E-state index in [1.54, 1.807) is 12.1 Å². The highest BCUT2D eigenvalue weighted by atomic mass is 19.4. The summed E-state index contributed by atoms with van der Waals surface area (Å²) in [6, 6.07) is 15.2. The van der Waals surface area contributed by atoms with Crippen molar-refractivity contribution >= 4 is 0 Å². The molecule has 1 N–H and O–H groups in total. The van der Waals surface area contributed by atoms with E-state index in [0.29, 0.717) is 18.5 Å². The third kappa shape index (κ3) is 4.08. The van der Waals surface area contributed by atoms with Crippen LogP contribution in [0.25, 0.3) is 0 Å². The van der Waals surface area contributed by atoms with Gasteiger partial charge in [0.1, 0.15) is 0 Å². The molecule has 0 aromatic heterocycles. The Balaban J connectivity index is 2.30. The molecule has 4 heteroatoms. The molecule has 2 aromatic carbocycles. The lowest BCUT2D eigenvalue weighted by molar-refractivity contribution is -0.138. The van der Waals surface area contributed by atoms with Gasteiger partial charge in [-0.25, -0.2) is 0 Å². The smallest absolute Gasteiger partial charge is 0.310 e. The van der Waals surface area contributed by atoms with Crippen LogP contribution in [-0.2, 0) is 12.6 Å². The summed E-state index contributed by atoms with van der Waals surface area (Å²) < 4.78 is 39.2. The first kappa shape index (κ1) is 15.6. The van der Waals surface area contributed by atoms with Crippen LogP contribution in [0.2, 0.25) is 0 Å². The standard InChI is InChI=1S/C17H18F3N/c1-2-21-16(13-8-4-3-5-9-13)12-14-10-6-7-11-15(14)17(18,19)20/h3-11,16,21H,2,12H2,1H3. The maximum Gasteiger partial charge on any atom is 0.416 e. The summed E-state index contributed by atoms with van der Waals surface area (Å²) in [5.41, 5.74) is 0.764. The second-order valence-electron chi connectivity index (χ2n) is 4.88. The number of halogens is 3. The molecule has 0 radical (unpaired) electrons. The van der Waals surface area contributed by atoms with Gasteiger partial charge in [-0.2, -0.15) is 13.2 Å². The van der Waals surface area contributed by atoms with E-state index >= 15 is 0 Å². The van der Waals surface area contributed by atoms with E-state index < -0.39 is 11.7 Å². The molecule has 21 heavy (non-hydrogen) atoms. The Kier molecular flexibility index (Phi) is 5.02. The zero-order valence-electron chi connectivity index (χ0n) is 11.8. The van der Waals surface area contributed by atoms with Crippen LogP contribution in [0.4, 0.5) is 13.2 Å². The molecule has 0 fully saturated rings. The van der Waals surface area contributed by atoms with E-state index in [4.69, 9.17) is 0 Å². The maximum absolute atomic E-state index is 13.1. The van der Waals surface area contributed by atoms with Crippen molar-refractivity contribution in [3.63, 3.8) is 0 Å². The summed E-state index contributed by atoms with van der Waals surface area (Å²) in [6.07, 6.45) is -4.00. The van der Waals surface area contributed by atoms with Gasteiger partial charge in [-0.1, -0.05) is 55.5 Å². The monoisotopic (exact) mass is 293 g/mol. The minimum absolute atomic E-state index is 0.125. The van der Waals surface area contributed by atoms with Crippen molar-refractivity contribution in [1.29, 1.82) is 0 Å². The fourth-order valence-electron chi connectivity index (χ4n) is 2.43. The normalized spacial score (nSPS) is 13.1. The van der Waals surface area contributed by atoms with Crippen molar-refractivity contribution in [3.05, 3.63) is 71.3 Å². The highest BCUT2D eigenvalue weighted by Crippen LogP contribution is 2.33. The largest absolute Gasteiger partial charge is 0.416 e. The van der Waals surface area contributed by atoms with Crippen LogP contribution in [0.5, 0.6) is 0 Å². The Labute approximate surface area is 122 Å². The second-order valence-corrected chi connectivity index (χ2v) is 4.88. The predicted molar refractivity (Wildman–Crippen MR) is 78.0 cm³/mol. The van der Waals surface area contributed by atoms with E-state index in [-0.39, 0.29) is 6.04 Å². The van der Waals surface area contributed by atoms with Crippen molar-refractivity contribution in [2.24, 2.45) is 0 Å². The summed E-state index contributed by atoms with van der Waals surface area (Å²) in [7, 11) is 0. The molecule has 0 spiro atoms. The number of rotatable bonds is 5. The zero-order valence-corrected chi connectivity index (χ0v) is 11.8. The van der Waals surface area contributed by atoms with Crippen molar-refractivity contribution in [3.8, 4) is 0 Å². The van der Waals surface area contributed by atoms with Crippen molar-refractivity contribution < 1.29 is 13.2 Å². The third-order valence-electron chi connectivity index (χ3n) is 3.40. The van der Waals surface area contributed by atoms with Crippen molar-refractivity contribution in [1.82, 2.24) is 5.32 Å². The minimum atomic E-state index is -4.32. The van der Waals surface area contributed by atoms with Gasteiger partial charge >= 0.3 is 6.18 Å².